The number of carbonyl (C=O) groups excluding carboxylic acids is 1. The number of rotatable bonds is 6. The highest BCUT2D eigenvalue weighted by Crippen LogP contribution is 2.05. The van der Waals surface area contributed by atoms with Gasteiger partial charge in [-0.25, -0.2) is 0 Å². The van der Waals surface area contributed by atoms with Gasteiger partial charge in [-0.1, -0.05) is 13.8 Å². The number of nitrogens with one attached hydrogen (secondary N) is 1. The second-order valence-electron chi connectivity index (χ2n) is 4.47. The summed E-state index contributed by atoms with van der Waals surface area (Å²) in [4.78, 5) is 13.4. The smallest absolute Gasteiger partial charge is 0.236 e. The average molecular weight is 215 g/mol. The molecule has 0 fully saturated rings. The summed E-state index contributed by atoms with van der Waals surface area (Å²) in [6.07, 6.45) is 0.926. The van der Waals surface area contributed by atoms with Gasteiger partial charge in [0.05, 0.1) is 6.04 Å². The van der Waals surface area contributed by atoms with E-state index in [1.165, 1.54) is 0 Å². The maximum absolute atomic E-state index is 11.3. The van der Waals surface area contributed by atoms with Crippen LogP contribution >= 0.6 is 0 Å². The van der Waals surface area contributed by atoms with Gasteiger partial charge < -0.3 is 11.1 Å². The van der Waals surface area contributed by atoms with Crippen molar-refractivity contribution in [1.82, 2.24) is 10.2 Å². The minimum atomic E-state index is -0.0886. The molecule has 90 valence electrons. The van der Waals surface area contributed by atoms with Crippen molar-refractivity contribution in [2.24, 2.45) is 11.7 Å². The van der Waals surface area contributed by atoms with Crippen molar-refractivity contribution in [3.8, 4) is 0 Å². The summed E-state index contributed by atoms with van der Waals surface area (Å²) in [6, 6.07) is 0.124. The first-order chi connectivity index (χ1) is 6.90. The summed E-state index contributed by atoms with van der Waals surface area (Å²) in [5.41, 5.74) is 5.95. The fourth-order valence-electron chi connectivity index (χ4n) is 1.29. The number of nitrogens with zero attached hydrogens (tertiary/aromatic N) is 1. The van der Waals surface area contributed by atoms with E-state index in [0.29, 0.717) is 5.92 Å². The van der Waals surface area contributed by atoms with Crippen molar-refractivity contribution in [2.45, 2.75) is 39.3 Å². The largest absolute Gasteiger partial charge is 0.358 e. The van der Waals surface area contributed by atoms with Gasteiger partial charge in [-0.2, -0.15) is 0 Å². The molecule has 0 aliphatic heterocycles. The standard InChI is InChI=1S/C11H25N3O/c1-8(2)10(12)6-7-14(5)9(3)11(15)13-4/h8-10H,6-7,12H2,1-5H3,(H,13,15). The predicted octanol–water partition coefficient (Wildman–Crippen LogP) is 0.426. The van der Waals surface area contributed by atoms with Crippen LogP contribution in [0.4, 0.5) is 0 Å². The summed E-state index contributed by atoms with van der Waals surface area (Å²) >= 11 is 0. The minimum Gasteiger partial charge on any atom is -0.358 e. The summed E-state index contributed by atoms with van der Waals surface area (Å²) in [7, 11) is 3.61. The van der Waals surface area contributed by atoms with Gasteiger partial charge >= 0.3 is 0 Å². The molecule has 4 nitrogen and oxygen atoms in total. The van der Waals surface area contributed by atoms with Crippen molar-refractivity contribution in [3.63, 3.8) is 0 Å². The molecule has 1 amide bonds. The Balaban J connectivity index is 3.92. The van der Waals surface area contributed by atoms with E-state index >= 15 is 0 Å². The quantitative estimate of drug-likeness (QED) is 0.675. The van der Waals surface area contributed by atoms with E-state index in [1.807, 2.05) is 18.9 Å². The third-order valence-corrected chi connectivity index (χ3v) is 2.96. The van der Waals surface area contributed by atoms with Gasteiger partial charge in [0.1, 0.15) is 0 Å². The maximum Gasteiger partial charge on any atom is 0.236 e. The molecule has 2 atom stereocenters. The molecule has 2 unspecified atom stereocenters. The van der Waals surface area contributed by atoms with Crippen molar-refractivity contribution in [2.75, 3.05) is 20.6 Å². The highest BCUT2D eigenvalue weighted by Gasteiger charge is 2.17. The molecule has 0 saturated carbocycles. The summed E-state index contributed by atoms with van der Waals surface area (Å²) in [6.45, 7) is 6.99. The van der Waals surface area contributed by atoms with Gasteiger partial charge in [-0.15, -0.1) is 0 Å². The van der Waals surface area contributed by atoms with E-state index in [2.05, 4.69) is 19.2 Å². The molecule has 0 spiro atoms. The van der Waals surface area contributed by atoms with E-state index in [0.717, 1.165) is 13.0 Å². The SMILES string of the molecule is CNC(=O)C(C)N(C)CCC(N)C(C)C. The molecule has 0 aromatic carbocycles. The molecule has 0 aliphatic carbocycles. The van der Waals surface area contributed by atoms with Crippen molar-refractivity contribution in [1.29, 1.82) is 0 Å². The third kappa shape index (κ3) is 5.14. The molecule has 0 radical (unpaired) electrons. The van der Waals surface area contributed by atoms with Crippen LogP contribution in [-0.2, 0) is 4.79 Å². The second kappa shape index (κ2) is 6.80. The molecule has 0 saturated heterocycles. The zero-order valence-corrected chi connectivity index (χ0v) is 10.6. The van der Waals surface area contributed by atoms with Crippen molar-refractivity contribution in [3.05, 3.63) is 0 Å². The Bertz CT molecular complexity index is 194. The maximum atomic E-state index is 11.3. The van der Waals surface area contributed by atoms with Gasteiger partial charge in [0.2, 0.25) is 5.91 Å². The Labute approximate surface area is 93.2 Å². The molecule has 4 heteroatoms. The van der Waals surface area contributed by atoms with Crippen LogP contribution in [0.2, 0.25) is 0 Å². The molecule has 0 heterocycles. The van der Waals surface area contributed by atoms with Crippen molar-refractivity contribution < 1.29 is 4.79 Å². The van der Waals surface area contributed by atoms with E-state index < -0.39 is 0 Å². The van der Waals surface area contributed by atoms with E-state index in [4.69, 9.17) is 5.73 Å². The summed E-state index contributed by atoms with van der Waals surface area (Å²) in [5, 5.41) is 2.64. The van der Waals surface area contributed by atoms with Crippen molar-refractivity contribution >= 4 is 5.91 Å². The molecule has 0 aliphatic rings. The first-order valence-electron chi connectivity index (χ1n) is 5.57. The van der Waals surface area contributed by atoms with Gasteiger partial charge in [-0.3, -0.25) is 9.69 Å². The van der Waals surface area contributed by atoms with Crippen LogP contribution in [-0.4, -0.2) is 43.5 Å². The highest BCUT2D eigenvalue weighted by atomic mass is 16.2. The average Bonchev–Trinajstić information content (AvgIpc) is 2.22. The number of nitrogens with two attached hydrogens (primary N) is 1. The van der Waals surface area contributed by atoms with Crippen LogP contribution in [0, 0.1) is 5.92 Å². The number of hydrogen-bond donors (Lipinski definition) is 2. The molecule has 15 heavy (non-hydrogen) atoms. The molecule has 0 aromatic heterocycles. The second-order valence-corrected chi connectivity index (χ2v) is 4.47. The minimum absolute atomic E-state index is 0.0515. The Kier molecular flexibility index (Phi) is 6.52. The zero-order valence-electron chi connectivity index (χ0n) is 10.6. The molecular formula is C11H25N3O. The lowest BCUT2D eigenvalue weighted by Crippen LogP contribution is -2.43. The normalized spacial score (nSPS) is 15.5. The number of hydrogen-bond acceptors (Lipinski definition) is 3. The zero-order chi connectivity index (χ0) is 12.0. The van der Waals surface area contributed by atoms with Crippen LogP contribution in [0.15, 0.2) is 0 Å². The van der Waals surface area contributed by atoms with Crippen LogP contribution in [0.25, 0.3) is 0 Å². The van der Waals surface area contributed by atoms with Gasteiger partial charge in [0.25, 0.3) is 0 Å². The molecular weight excluding hydrogens is 190 g/mol. The number of carbonyl (C=O) groups is 1. The Morgan fingerprint density at radius 1 is 1.40 bits per heavy atom. The molecule has 0 aromatic rings. The fourth-order valence-corrected chi connectivity index (χ4v) is 1.29. The predicted molar refractivity (Wildman–Crippen MR) is 63.6 cm³/mol. The summed E-state index contributed by atoms with van der Waals surface area (Å²) in [5.74, 6) is 0.546. The molecule has 0 bridgehead atoms. The Hall–Kier alpha value is -0.610. The topological polar surface area (TPSA) is 58.4 Å². The molecule has 0 rings (SSSR count). The lowest BCUT2D eigenvalue weighted by Gasteiger charge is -2.25. The van der Waals surface area contributed by atoms with E-state index in [9.17, 15) is 4.79 Å². The molecule has 3 N–H and O–H groups in total. The van der Waals surface area contributed by atoms with E-state index in [-0.39, 0.29) is 18.0 Å². The Morgan fingerprint density at radius 3 is 2.33 bits per heavy atom. The lowest BCUT2D eigenvalue weighted by molar-refractivity contribution is -0.124. The van der Waals surface area contributed by atoms with Crippen LogP contribution in [0.1, 0.15) is 27.2 Å². The van der Waals surface area contributed by atoms with Gasteiger partial charge in [0, 0.05) is 19.6 Å². The van der Waals surface area contributed by atoms with Crippen LogP contribution < -0.4 is 11.1 Å². The van der Waals surface area contributed by atoms with Gasteiger partial charge in [-0.05, 0) is 26.3 Å². The lowest BCUT2D eigenvalue weighted by atomic mass is 10.0. The van der Waals surface area contributed by atoms with Crippen LogP contribution in [0.5, 0.6) is 0 Å². The monoisotopic (exact) mass is 215 g/mol. The highest BCUT2D eigenvalue weighted by molar-refractivity contribution is 5.80. The first-order valence-corrected chi connectivity index (χ1v) is 5.57. The Morgan fingerprint density at radius 2 is 1.93 bits per heavy atom. The van der Waals surface area contributed by atoms with E-state index in [1.54, 1.807) is 7.05 Å². The first kappa shape index (κ1) is 14.4. The summed E-state index contributed by atoms with van der Waals surface area (Å²) < 4.78 is 0. The number of amides is 1. The van der Waals surface area contributed by atoms with Gasteiger partial charge in [0.15, 0.2) is 0 Å². The fraction of sp³-hybridized carbons (Fsp3) is 0.909. The van der Waals surface area contributed by atoms with Crippen LogP contribution in [0.3, 0.4) is 0 Å². The third-order valence-electron chi connectivity index (χ3n) is 2.96. The number of likely N-dealkylation sites (N-methyl/N-ethyl adjacent to an activating group) is 2.